The largest absolute Gasteiger partial charge is 0.510 e. The van der Waals surface area contributed by atoms with E-state index in [1.807, 2.05) is 0 Å². The van der Waals surface area contributed by atoms with Gasteiger partial charge in [0.1, 0.15) is 22.7 Å². The molecule has 196 valence electrons. The van der Waals surface area contributed by atoms with Gasteiger partial charge in [0.15, 0.2) is 11.2 Å². The van der Waals surface area contributed by atoms with Crippen molar-refractivity contribution in [2.45, 2.75) is 18.3 Å². The molecule has 1 spiro atoms. The molecule has 0 fully saturated rings. The zero-order chi connectivity index (χ0) is 28.1. The Bertz CT molecular complexity index is 2330. The maximum atomic E-state index is 13.5. The normalized spacial score (nSPS) is 18.1. The molecule has 0 radical (unpaired) electrons. The molecule has 1 atom stereocenters. The van der Waals surface area contributed by atoms with E-state index in [0.29, 0.717) is 0 Å². The van der Waals surface area contributed by atoms with Crippen molar-refractivity contribution < 1.29 is 25.3 Å². The maximum Gasteiger partial charge on any atom is 0.260 e. The molecule has 0 saturated heterocycles. The smallest absolute Gasteiger partial charge is 0.260 e. The third kappa shape index (κ3) is 2.73. The topological polar surface area (TPSA) is 204 Å². The second kappa shape index (κ2) is 7.77. The summed E-state index contributed by atoms with van der Waals surface area (Å²) in [7, 11) is 1.10. The molecule has 0 amide bonds. The number of ether oxygens (including phenoxy) is 1. The summed E-state index contributed by atoms with van der Waals surface area (Å²) in [6.45, 7) is 0. The number of hydrogen-bond donors (Lipinski definition) is 5. The van der Waals surface area contributed by atoms with Crippen LogP contribution in [0.3, 0.4) is 0 Å². The van der Waals surface area contributed by atoms with Crippen molar-refractivity contribution in [3.05, 3.63) is 106 Å². The summed E-state index contributed by atoms with van der Waals surface area (Å²) in [6, 6.07) is 2.10. The highest BCUT2D eigenvalue weighted by Gasteiger charge is 2.53. The monoisotopic (exact) mass is 550 g/mol. The number of nitrogens with zero attached hydrogens (tertiary/aromatic N) is 1. The van der Waals surface area contributed by atoms with Crippen LogP contribution in [-0.2, 0) is 11.8 Å². The average Bonchev–Trinajstić information content (AvgIpc) is 3.40. The van der Waals surface area contributed by atoms with Gasteiger partial charge in [-0.2, -0.15) is 0 Å². The van der Waals surface area contributed by atoms with Gasteiger partial charge >= 0.3 is 0 Å². The van der Waals surface area contributed by atoms with Gasteiger partial charge in [-0.3, -0.25) is 24.0 Å². The summed E-state index contributed by atoms with van der Waals surface area (Å²) < 4.78 is 4.86. The first kappa shape index (κ1) is 24.4. The standard InChI is InChI=1S/C26H15ClN2O10/c1-39-11-5-10(30)13-14(19(11)31)21(33)16-15(20(13)32)23(35)26(24(16)36)3-2-8-17(26)22(34)12-9(18(8)27)4-7(6-28-38)29-25(12)37/h4-6,34-36,38H,2-3H2,1H3,(H,29,37)/t26-/m0/s1. The van der Waals surface area contributed by atoms with Gasteiger partial charge in [0, 0.05) is 17.0 Å². The van der Waals surface area contributed by atoms with Crippen molar-refractivity contribution in [2.75, 3.05) is 7.11 Å². The minimum absolute atomic E-state index is 0.0192. The van der Waals surface area contributed by atoms with Gasteiger partial charge in [0.2, 0.25) is 16.3 Å². The highest BCUT2D eigenvalue weighted by atomic mass is 35.5. The quantitative estimate of drug-likeness (QED) is 0.117. The van der Waals surface area contributed by atoms with Crippen LogP contribution in [0, 0.1) is 10.4 Å². The molecule has 0 saturated carbocycles. The minimum Gasteiger partial charge on any atom is -0.510 e. The molecule has 2 aromatic rings. The Balaban J connectivity index is 1.84. The molecule has 0 bridgehead atoms. The van der Waals surface area contributed by atoms with Crippen LogP contribution in [0.1, 0.15) is 23.2 Å². The Morgan fingerprint density at radius 2 is 1.62 bits per heavy atom. The van der Waals surface area contributed by atoms with Gasteiger partial charge in [-0.1, -0.05) is 16.8 Å². The second-order valence-electron chi connectivity index (χ2n) is 9.27. The third-order valence-corrected chi connectivity index (χ3v) is 8.01. The lowest BCUT2D eigenvalue weighted by molar-refractivity contribution is 0.321. The molecule has 4 aliphatic carbocycles. The highest BCUT2D eigenvalue weighted by molar-refractivity contribution is 6.37. The van der Waals surface area contributed by atoms with Crippen LogP contribution in [0.15, 0.2) is 41.3 Å². The summed E-state index contributed by atoms with van der Waals surface area (Å²) in [5.41, 5.74) is -7.20. The van der Waals surface area contributed by atoms with E-state index in [4.69, 9.17) is 21.5 Å². The number of phenols is 1. The van der Waals surface area contributed by atoms with Gasteiger partial charge in [-0.15, -0.1) is 0 Å². The number of hydrogen-bond acceptors (Lipinski definition) is 11. The molecule has 1 aromatic heterocycles. The number of aliphatic hydroxyl groups is 2. The van der Waals surface area contributed by atoms with Crippen molar-refractivity contribution in [3.63, 3.8) is 0 Å². The number of aromatic amines is 1. The van der Waals surface area contributed by atoms with E-state index in [-0.39, 0.29) is 45.5 Å². The van der Waals surface area contributed by atoms with Crippen LogP contribution in [0.4, 0.5) is 0 Å². The van der Waals surface area contributed by atoms with Crippen LogP contribution in [0.5, 0.6) is 11.5 Å². The molecule has 1 heterocycles. The van der Waals surface area contributed by atoms with Gasteiger partial charge in [-0.25, -0.2) is 0 Å². The maximum absolute atomic E-state index is 13.5. The van der Waals surface area contributed by atoms with Crippen molar-refractivity contribution in [1.82, 2.24) is 4.98 Å². The summed E-state index contributed by atoms with van der Waals surface area (Å²) in [4.78, 5) is 67.8. The van der Waals surface area contributed by atoms with E-state index in [1.165, 1.54) is 6.07 Å². The molecule has 0 unspecified atom stereocenters. The van der Waals surface area contributed by atoms with Gasteiger partial charge < -0.3 is 30.2 Å². The number of nitrogens with one attached hydrogen (secondary N) is 1. The van der Waals surface area contributed by atoms with Crippen LogP contribution in [-0.4, -0.2) is 38.8 Å². The van der Waals surface area contributed by atoms with Crippen LogP contribution < -0.4 is 42.4 Å². The van der Waals surface area contributed by atoms with E-state index < -0.39 is 76.6 Å². The number of oxime groups is 1. The molecular weight excluding hydrogens is 536 g/mol. The van der Waals surface area contributed by atoms with Crippen molar-refractivity contribution in [3.8, 4) is 11.5 Å². The summed E-state index contributed by atoms with van der Waals surface area (Å²) in [5.74, 6) is -2.82. The number of benzene rings is 1. The van der Waals surface area contributed by atoms with Crippen molar-refractivity contribution >= 4 is 40.1 Å². The second-order valence-corrected chi connectivity index (χ2v) is 9.65. The van der Waals surface area contributed by atoms with Crippen LogP contribution >= 0.6 is 11.6 Å². The molecule has 4 aliphatic rings. The Morgan fingerprint density at radius 1 is 0.974 bits per heavy atom. The summed E-state index contributed by atoms with van der Waals surface area (Å²) >= 11 is 6.62. The van der Waals surface area contributed by atoms with E-state index in [9.17, 15) is 39.3 Å². The number of pyridine rings is 1. The van der Waals surface area contributed by atoms with Gasteiger partial charge in [0.25, 0.3) is 5.56 Å². The first-order chi connectivity index (χ1) is 18.5. The van der Waals surface area contributed by atoms with E-state index in [2.05, 4.69) is 10.1 Å². The third-order valence-electron chi connectivity index (χ3n) is 7.57. The number of H-pyrrole nitrogens is 1. The number of aliphatic hydroxyl groups excluding tert-OH is 2. The first-order valence-corrected chi connectivity index (χ1v) is 11.7. The average molecular weight is 551 g/mol. The van der Waals surface area contributed by atoms with Gasteiger partial charge in [0.05, 0.1) is 50.3 Å². The Morgan fingerprint density at radius 3 is 2.23 bits per heavy atom. The zero-order valence-electron chi connectivity index (χ0n) is 19.7. The van der Waals surface area contributed by atoms with Crippen LogP contribution in [0.25, 0.3) is 22.3 Å². The number of aromatic hydroxyl groups is 1. The highest BCUT2D eigenvalue weighted by Crippen LogP contribution is 2.56. The lowest BCUT2D eigenvalue weighted by Gasteiger charge is -2.27. The number of fused-ring (bicyclic) bond motifs is 4. The predicted molar refractivity (Wildman–Crippen MR) is 138 cm³/mol. The fourth-order valence-electron chi connectivity index (χ4n) is 5.94. The van der Waals surface area contributed by atoms with Gasteiger partial charge in [-0.05, 0) is 24.5 Å². The Labute approximate surface area is 218 Å². The predicted octanol–water partition coefficient (Wildman–Crippen LogP) is -1.02. The first-order valence-electron chi connectivity index (χ1n) is 11.4. The Hall–Kier alpha value is -4.97. The minimum atomic E-state index is -2.07. The van der Waals surface area contributed by atoms with E-state index in [1.54, 1.807) is 0 Å². The molecule has 1 aromatic carbocycles. The van der Waals surface area contributed by atoms with Crippen molar-refractivity contribution in [2.24, 2.45) is 5.16 Å². The summed E-state index contributed by atoms with van der Waals surface area (Å²) in [5, 5.41) is 42.7. The molecule has 39 heavy (non-hydrogen) atoms. The lowest BCUT2D eigenvalue weighted by Crippen LogP contribution is -2.51. The van der Waals surface area contributed by atoms with Crippen molar-refractivity contribution in [1.29, 1.82) is 0 Å². The number of phenolic OH excluding ortho intramolecular Hbond substituents is 1. The molecule has 13 heteroatoms. The number of methoxy groups -OCH3 is 1. The van der Waals surface area contributed by atoms with E-state index >= 15 is 0 Å². The Kier molecular flexibility index (Phi) is 4.86. The SMILES string of the molecule is COc1cc(=O)c2c(=O)c3c(c(=O)c=2c1=O)=C(O)[C@]1(CCc2c1c(O)c1c(=O)[nH]c(C=NO)cc1c2Cl)C=3O. The number of halogens is 1. The fraction of sp³-hybridized carbons (Fsp3) is 0.154. The molecule has 5 N–H and O–H groups in total. The zero-order valence-corrected chi connectivity index (χ0v) is 20.5. The molecule has 12 nitrogen and oxygen atoms in total. The number of rotatable bonds is 2. The van der Waals surface area contributed by atoms with E-state index in [0.717, 1.165) is 19.4 Å². The summed E-state index contributed by atoms with van der Waals surface area (Å²) in [6.07, 6.45) is 0.773. The number of aromatic nitrogens is 1. The molecular formula is C26H15ClN2O10. The molecule has 0 aliphatic heterocycles. The lowest BCUT2D eigenvalue weighted by atomic mass is 9.78. The van der Waals surface area contributed by atoms with Crippen LogP contribution in [0.2, 0.25) is 5.02 Å². The fourth-order valence-corrected chi connectivity index (χ4v) is 6.28. The molecule has 6 rings (SSSR count).